The zero-order valence-electron chi connectivity index (χ0n) is 12.7. The van der Waals surface area contributed by atoms with Gasteiger partial charge in [0.25, 0.3) is 5.91 Å². The minimum absolute atomic E-state index is 0.0822. The van der Waals surface area contributed by atoms with E-state index in [1.807, 2.05) is 24.0 Å². The lowest BCUT2D eigenvalue weighted by molar-refractivity contribution is 0.0735. The summed E-state index contributed by atoms with van der Waals surface area (Å²) < 4.78 is 5.48. The fraction of sp³-hybridized carbons (Fsp3) is 0.333. The second kappa shape index (κ2) is 6.60. The molecule has 2 heterocycles. The molecule has 0 aliphatic carbocycles. The van der Waals surface area contributed by atoms with Crippen molar-refractivity contribution in [2.24, 2.45) is 0 Å². The fourth-order valence-corrected chi connectivity index (χ4v) is 2.97. The molecule has 1 atom stereocenters. The Hall–Kier alpha value is -2.36. The van der Waals surface area contributed by atoms with Gasteiger partial charge in [-0.3, -0.25) is 9.78 Å². The van der Waals surface area contributed by atoms with E-state index in [-0.39, 0.29) is 11.9 Å². The highest BCUT2D eigenvalue weighted by atomic mass is 16.5. The summed E-state index contributed by atoms with van der Waals surface area (Å²) in [6.45, 7) is 3.44. The molecule has 22 heavy (non-hydrogen) atoms. The Morgan fingerprint density at radius 2 is 1.95 bits per heavy atom. The second-order valence-electron chi connectivity index (χ2n) is 5.39. The van der Waals surface area contributed by atoms with E-state index in [1.54, 1.807) is 24.5 Å². The molecule has 1 aromatic carbocycles. The van der Waals surface area contributed by atoms with Gasteiger partial charge in [-0.1, -0.05) is 12.1 Å². The lowest BCUT2D eigenvalue weighted by atomic mass is 10.0. The van der Waals surface area contributed by atoms with Gasteiger partial charge in [0.1, 0.15) is 5.75 Å². The highest BCUT2D eigenvalue weighted by Gasteiger charge is 2.30. The van der Waals surface area contributed by atoms with E-state index in [0.29, 0.717) is 12.2 Å². The van der Waals surface area contributed by atoms with E-state index in [1.165, 1.54) is 5.56 Å². The highest BCUT2D eigenvalue weighted by Crippen LogP contribution is 2.33. The molecule has 0 N–H and O–H groups in total. The summed E-state index contributed by atoms with van der Waals surface area (Å²) in [6, 6.07) is 11.8. The molecule has 1 aliphatic rings. The fourth-order valence-electron chi connectivity index (χ4n) is 2.97. The van der Waals surface area contributed by atoms with Crippen LogP contribution in [0.5, 0.6) is 5.75 Å². The van der Waals surface area contributed by atoms with Gasteiger partial charge in [0.2, 0.25) is 0 Å². The first-order chi connectivity index (χ1) is 10.8. The number of carbonyl (C=O) groups is 1. The van der Waals surface area contributed by atoms with Crippen LogP contribution in [-0.4, -0.2) is 28.9 Å². The van der Waals surface area contributed by atoms with Gasteiger partial charge in [0.15, 0.2) is 0 Å². The van der Waals surface area contributed by atoms with Gasteiger partial charge in [-0.15, -0.1) is 0 Å². The number of ether oxygens (including phenoxy) is 1. The summed E-state index contributed by atoms with van der Waals surface area (Å²) in [6.07, 6.45) is 5.36. The molecule has 1 aliphatic heterocycles. The van der Waals surface area contributed by atoms with Gasteiger partial charge in [-0.25, -0.2) is 0 Å². The van der Waals surface area contributed by atoms with Crippen molar-refractivity contribution in [1.29, 1.82) is 0 Å². The van der Waals surface area contributed by atoms with Crippen molar-refractivity contribution < 1.29 is 9.53 Å². The number of pyridine rings is 1. The molecule has 0 radical (unpaired) electrons. The van der Waals surface area contributed by atoms with Crippen molar-refractivity contribution >= 4 is 5.91 Å². The van der Waals surface area contributed by atoms with Crippen LogP contribution in [0.3, 0.4) is 0 Å². The zero-order valence-corrected chi connectivity index (χ0v) is 12.7. The standard InChI is InChI=1S/C18H20N2O2/c1-2-22-16-7-5-14(6-8-16)17-4-3-13-20(17)18(21)15-9-11-19-12-10-15/h5-12,17H,2-4,13H2,1H3. The van der Waals surface area contributed by atoms with Crippen LogP contribution in [0, 0.1) is 0 Å². The normalized spacial score (nSPS) is 17.5. The average Bonchev–Trinajstić information content (AvgIpc) is 3.05. The van der Waals surface area contributed by atoms with Crippen LogP contribution in [0.15, 0.2) is 48.8 Å². The van der Waals surface area contributed by atoms with E-state index >= 15 is 0 Å². The monoisotopic (exact) mass is 296 g/mol. The second-order valence-corrected chi connectivity index (χ2v) is 5.39. The lowest BCUT2D eigenvalue weighted by Gasteiger charge is -2.25. The summed E-state index contributed by atoms with van der Waals surface area (Å²) in [5, 5.41) is 0. The molecule has 1 amide bonds. The number of benzene rings is 1. The minimum atomic E-state index is 0.0822. The molecule has 4 heteroatoms. The van der Waals surface area contributed by atoms with Crippen LogP contribution >= 0.6 is 0 Å². The molecule has 1 fully saturated rings. The molecule has 0 saturated carbocycles. The van der Waals surface area contributed by atoms with Crippen LogP contribution in [0.25, 0.3) is 0 Å². The van der Waals surface area contributed by atoms with E-state index < -0.39 is 0 Å². The average molecular weight is 296 g/mol. The van der Waals surface area contributed by atoms with Crippen LogP contribution in [0.1, 0.15) is 41.7 Å². The van der Waals surface area contributed by atoms with Crippen LogP contribution in [0.4, 0.5) is 0 Å². The zero-order chi connectivity index (χ0) is 15.4. The molecular formula is C18H20N2O2. The summed E-state index contributed by atoms with van der Waals surface area (Å²) in [5.41, 5.74) is 1.87. The summed E-state index contributed by atoms with van der Waals surface area (Å²) in [5.74, 6) is 0.954. The molecule has 114 valence electrons. The molecule has 4 nitrogen and oxygen atoms in total. The molecule has 2 aromatic rings. The summed E-state index contributed by atoms with van der Waals surface area (Å²) >= 11 is 0. The van der Waals surface area contributed by atoms with Gasteiger partial charge in [0.05, 0.1) is 12.6 Å². The number of nitrogens with zero attached hydrogens (tertiary/aromatic N) is 2. The number of hydrogen-bond donors (Lipinski definition) is 0. The summed E-state index contributed by atoms with van der Waals surface area (Å²) in [7, 11) is 0. The Balaban J connectivity index is 1.79. The number of rotatable bonds is 4. The van der Waals surface area contributed by atoms with Gasteiger partial charge >= 0.3 is 0 Å². The predicted octanol–water partition coefficient (Wildman–Crippen LogP) is 3.46. The topological polar surface area (TPSA) is 42.4 Å². The predicted molar refractivity (Wildman–Crippen MR) is 84.9 cm³/mol. The Morgan fingerprint density at radius 1 is 1.23 bits per heavy atom. The maximum Gasteiger partial charge on any atom is 0.254 e. The largest absolute Gasteiger partial charge is 0.494 e. The number of likely N-dealkylation sites (tertiary alicyclic amines) is 1. The van der Waals surface area contributed by atoms with E-state index in [0.717, 1.165) is 25.1 Å². The molecule has 0 spiro atoms. The van der Waals surface area contributed by atoms with Crippen molar-refractivity contribution in [3.8, 4) is 5.75 Å². The first-order valence-corrected chi connectivity index (χ1v) is 7.73. The maximum absolute atomic E-state index is 12.7. The third kappa shape index (κ3) is 2.96. The first kappa shape index (κ1) is 14.6. The Bertz CT molecular complexity index is 625. The number of amides is 1. The van der Waals surface area contributed by atoms with Crippen LogP contribution in [-0.2, 0) is 0 Å². The number of hydrogen-bond acceptors (Lipinski definition) is 3. The van der Waals surface area contributed by atoms with Crippen molar-refractivity contribution in [1.82, 2.24) is 9.88 Å². The van der Waals surface area contributed by atoms with Crippen molar-refractivity contribution in [2.75, 3.05) is 13.2 Å². The summed E-state index contributed by atoms with van der Waals surface area (Å²) in [4.78, 5) is 18.6. The molecule has 1 unspecified atom stereocenters. The van der Waals surface area contributed by atoms with Gasteiger partial charge in [-0.05, 0) is 49.6 Å². The quantitative estimate of drug-likeness (QED) is 0.867. The van der Waals surface area contributed by atoms with Crippen LogP contribution in [0.2, 0.25) is 0 Å². The molecule has 3 rings (SSSR count). The lowest BCUT2D eigenvalue weighted by Crippen LogP contribution is -2.30. The molecule has 0 bridgehead atoms. The third-order valence-electron chi connectivity index (χ3n) is 4.02. The van der Waals surface area contributed by atoms with E-state index in [9.17, 15) is 4.79 Å². The van der Waals surface area contributed by atoms with E-state index in [4.69, 9.17) is 4.74 Å². The number of carbonyl (C=O) groups excluding carboxylic acids is 1. The van der Waals surface area contributed by atoms with Gasteiger partial charge in [-0.2, -0.15) is 0 Å². The third-order valence-corrected chi connectivity index (χ3v) is 4.02. The maximum atomic E-state index is 12.7. The van der Waals surface area contributed by atoms with Gasteiger partial charge < -0.3 is 9.64 Å². The highest BCUT2D eigenvalue weighted by molar-refractivity contribution is 5.94. The minimum Gasteiger partial charge on any atom is -0.494 e. The van der Waals surface area contributed by atoms with E-state index in [2.05, 4.69) is 17.1 Å². The Morgan fingerprint density at radius 3 is 2.64 bits per heavy atom. The van der Waals surface area contributed by atoms with Gasteiger partial charge in [0, 0.05) is 24.5 Å². The SMILES string of the molecule is CCOc1ccc(C2CCCN2C(=O)c2ccncc2)cc1. The molecule has 1 aromatic heterocycles. The van der Waals surface area contributed by atoms with Crippen molar-refractivity contribution in [2.45, 2.75) is 25.8 Å². The van der Waals surface area contributed by atoms with Crippen molar-refractivity contribution in [3.05, 3.63) is 59.9 Å². The van der Waals surface area contributed by atoms with Crippen LogP contribution < -0.4 is 4.74 Å². The molecular weight excluding hydrogens is 276 g/mol. The Labute approximate surface area is 130 Å². The first-order valence-electron chi connectivity index (χ1n) is 7.73. The smallest absolute Gasteiger partial charge is 0.254 e. The molecule has 1 saturated heterocycles. The van der Waals surface area contributed by atoms with Crippen molar-refractivity contribution in [3.63, 3.8) is 0 Å². The Kier molecular flexibility index (Phi) is 4.37. The number of aromatic nitrogens is 1.